The van der Waals surface area contributed by atoms with Gasteiger partial charge >= 0.3 is 5.97 Å². The molecule has 3 nitrogen and oxygen atoms in total. The molecule has 1 aromatic rings. The van der Waals surface area contributed by atoms with Crippen LogP contribution < -0.4 is 4.74 Å². The Morgan fingerprint density at radius 1 is 1.12 bits per heavy atom. The van der Waals surface area contributed by atoms with Crippen LogP contribution in [0.25, 0.3) is 0 Å². The Kier molecular flexibility index (Phi) is 6.15. The molecule has 0 amide bonds. The molecule has 17 heavy (non-hydrogen) atoms. The van der Waals surface area contributed by atoms with Gasteiger partial charge in [0.2, 0.25) is 0 Å². The monoisotopic (exact) mass is 236 g/mol. The standard InChI is InChI=1S/C14H20O3/c1-3-5-11-16-13-9-7-6-8-12(13)14(15)17-10-4-2/h6-9H,3-5,10-11H2,1-2H3. The van der Waals surface area contributed by atoms with Crippen LogP contribution in [0.5, 0.6) is 5.75 Å². The third kappa shape index (κ3) is 4.47. The van der Waals surface area contributed by atoms with Crippen molar-refractivity contribution in [2.45, 2.75) is 33.1 Å². The zero-order valence-electron chi connectivity index (χ0n) is 10.6. The molecule has 0 heterocycles. The highest BCUT2D eigenvalue weighted by Crippen LogP contribution is 2.19. The Labute approximate surface area is 103 Å². The summed E-state index contributed by atoms with van der Waals surface area (Å²) >= 11 is 0. The van der Waals surface area contributed by atoms with E-state index in [1.807, 2.05) is 19.1 Å². The van der Waals surface area contributed by atoms with Crippen molar-refractivity contribution in [3.63, 3.8) is 0 Å². The Morgan fingerprint density at radius 2 is 1.88 bits per heavy atom. The Morgan fingerprint density at radius 3 is 2.59 bits per heavy atom. The van der Waals surface area contributed by atoms with Crippen LogP contribution >= 0.6 is 0 Å². The van der Waals surface area contributed by atoms with E-state index in [1.165, 1.54) is 0 Å². The molecule has 0 spiro atoms. The third-order valence-corrected chi connectivity index (χ3v) is 2.30. The van der Waals surface area contributed by atoms with Gasteiger partial charge in [0.15, 0.2) is 0 Å². The first-order valence-corrected chi connectivity index (χ1v) is 6.18. The Bertz CT molecular complexity index is 347. The molecule has 0 saturated carbocycles. The van der Waals surface area contributed by atoms with Crippen molar-refractivity contribution < 1.29 is 14.3 Å². The van der Waals surface area contributed by atoms with Crippen molar-refractivity contribution in [1.29, 1.82) is 0 Å². The molecule has 0 aliphatic rings. The van der Waals surface area contributed by atoms with Crippen molar-refractivity contribution in [3.05, 3.63) is 29.8 Å². The van der Waals surface area contributed by atoms with E-state index in [2.05, 4.69) is 6.92 Å². The molecule has 0 aromatic heterocycles. The van der Waals surface area contributed by atoms with Crippen LogP contribution in [0.2, 0.25) is 0 Å². The summed E-state index contributed by atoms with van der Waals surface area (Å²) in [5.74, 6) is 0.306. The lowest BCUT2D eigenvalue weighted by Crippen LogP contribution is -2.09. The average Bonchev–Trinajstić information content (AvgIpc) is 2.37. The zero-order chi connectivity index (χ0) is 12.5. The van der Waals surface area contributed by atoms with E-state index in [-0.39, 0.29) is 5.97 Å². The van der Waals surface area contributed by atoms with E-state index >= 15 is 0 Å². The molecule has 0 N–H and O–H groups in total. The number of rotatable bonds is 7. The highest BCUT2D eigenvalue weighted by molar-refractivity contribution is 5.92. The molecule has 0 aliphatic heterocycles. The van der Waals surface area contributed by atoms with E-state index in [0.717, 1.165) is 19.3 Å². The quantitative estimate of drug-likeness (QED) is 0.537. The first kappa shape index (κ1) is 13.6. The van der Waals surface area contributed by atoms with Gasteiger partial charge in [0, 0.05) is 0 Å². The summed E-state index contributed by atoms with van der Waals surface area (Å²) in [6, 6.07) is 7.21. The maximum absolute atomic E-state index is 11.8. The van der Waals surface area contributed by atoms with Gasteiger partial charge in [-0.2, -0.15) is 0 Å². The molecule has 1 aromatic carbocycles. The largest absolute Gasteiger partial charge is 0.493 e. The summed E-state index contributed by atoms with van der Waals surface area (Å²) in [5, 5.41) is 0. The summed E-state index contributed by atoms with van der Waals surface area (Å²) in [7, 11) is 0. The summed E-state index contributed by atoms with van der Waals surface area (Å²) in [5.41, 5.74) is 0.511. The first-order chi connectivity index (χ1) is 8.29. The fourth-order valence-corrected chi connectivity index (χ4v) is 1.36. The molecule has 0 unspecified atom stereocenters. The molecule has 0 atom stereocenters. The number of hydrogen-bond donors (Lipinski definition) is 0. The number of hydrogen-bond acceptors (Lipinski definition) is 3. The number of para-hydroxylation sites is 1. The van der Waals surface area contributed by atoms with E-state index in [9.17, 15) is 4.79 Å². The molecule has 3 heteroatoms. The van der Waals surface area contributed by atoms with Crippen LogP contribution in [-0.4, -0.2) is 19.2 Å². The lowest BCUT2D eigenvalue weighted by Gasteiger charge is -2.10. The third-order valence-electron chi connectivity index (χ3n) is 2.30. The fourth-order valence-electron chi connectivity index (χ4n) is 1.36. The molecule has 0 aliphatic carbocycles. The van der Waals surface area contributed by atoms with E-state index < -0.39 is 0 Å². The van der Waals surface area contributed by atoms with Gasteiger partial charge < -0.3 is 9.47 Å². The van der Waals surface area contributed by atoms with Gasteiger partial charge in [0.25, 0.3) is 0 Å². The highest BCUT2D eigenvalue weighted by Gasteiger charge is 2.12. The van der Waals surface area contributed by atoms with Crippen molar-refractivity contribution in [2.24, 2.45) is 0 Å². The van der Waals surface area contributed by atoms with E-state index in [1.54, 1.807) is 12.1 Å². The number of unbranched alkanes of at least 4 members (excludes halogenated alkanes) is 1. The normalized spacial score (nSPS) is 10.0. The van der Waals surface area contributed by atoms with Crippen LogP contribution in [0.1, 0.15) is 43.5 Å². The minimum Gasteiger partial charge on any atom is -0.493 e. The number of benzene rings is 1. The highest BCUT2D eigenvalue weighted by atomic mass is 16.5. The van der Waals surface area contributed by atoms with Crippen LogP contribution in [0.15, 0.2) is 24.3 Å². The predicted octanol–water partition coefficient (Wildman–Crippen LogP) is 3.43. The molecule has 0 bridgehead atoms. The Balaban J connectivity index is 2.66. The fraction of sp³-hybridized carbons (Fsp3) is 0.500. The van der Waals surface area contributed by atoms with Crippen molar-refractivity contribution >= 4 is 5.97 Å². The number of ether oxygens (including phenoxy) is 2. The molecular formula is C14H20O3. The minimum atomic E-state index is -0.307. The van der Waals surface area contributed by atoms with Crippen LogP contribution in [0, 0.1) is 0 Å². The summed E-state index contributed by atoms with van der Waals surface area (Å²) in [6.07, 6.45) is 2.88. The zero-order valence-corrected chi connectivity index (χ0v) is 10.6. The molecule has 0 fully saturated rings. The topological polar surface area (TPSA) is 35.5 Å². The van der Waals surface area contributed by atoms with Gasteiger partial charge in [-0.25, -0.2) is 4.79 Å². The second-order valence-electron chi connectivity index (χ2n) is 3.83. The van der Waals surface area contributed by atoms with Crippen molar-refractivity contribution in [3.8, 4) is 5.75 Å². The lowest BCUT2D eigenvalue weighted by atomic mass is 10.2. The van der Waals surface area contributed by atoms with Gasteiger partial charge in [-0.1, -0.05) is 32.4 Å². The summed E-state index contributed by atoms with van der Waals surface area (Å²) < 4.78 is 10.7. The number of esters is 1. The van der Waals surface area contributed by atoms with Gasteiger partial charge in [0.1, 0.15) is 11.3 Å². The van der Waals surface area contributed by atoms with Crippen molar-refractivity contribution in [1.82, 2.24) is 0 Å². The predicted molar refractivity (Wildman–Crippen MR) is 67.4 cm³/mol. The molecule has 0 radical (unpaired) electrons. The van der Waals surface area contributed by atoms with Crippen LogP contribution in [0.4, 0.5) is 0 Å². The van der Waals surface area contributed by atoms with Crippen LogP contribution in [0.3, 0.4) is 0 Å². The van der Waals surface area contributed by atoms with Gasteiger partial charge in [-0.05, 0) is 25.0 Å². The maximum atomic E-state index is 11.8. The lowest BCUT2D eigenvalue weighted by molar-refractivity contribution is 0.0500. The van der Waals surface area contributed by atoms with Gasteiger partial charge in [0.05, 0.1) is 13.2 Å². The summed E-state index contributed by atoms with van der Waals surface area (Å²) in [6.45, 7) is 5.15. The SMILES string of the molecule is CCCCOc1ccccc1C(=O)OCCC. The minimum absolute atomic E-state index is 0.307. The first-order valence-electron chi connectivity index (χ1n) is 6.18. The molecule has 0 saturated heterocycles. The maximum Gasteiger partial charge on any atom is 0.341 e. The second kappa shape index (κ2) is 7.71. The van der Waals surface area contributed by atoms with Crippen molar-refractivity contribution in [2.75, 3.05) is 13.2 Å². The molecule has 94 valence electrons. The Hall–Kier alpha value is -1.51. The van der Waals surface area contributed by atoms with E-state index in [0.29, 0.717) is 24.5 Å². The summed E-state index contributed by atoms with van der Waals surface area (Å²) in [4.78, 5) is 11.8. The van der Waals surface area contributed by atoms with Crippen LogP contribution in [-0.2, 0) is 4.74 Å². The molecule has 1 rings (SSSR count). The smallest absolute Gasteiger partial charge is 0.341 e. The van der Waals surface area contributed by atoms with Gasteiger partial charge in [-0.15, -0.1) is 0 Å². The molecular weight excluding hydrogens is 216 g/mol. The second-order valence-corrected chi connectivity index (χ2v) is 3.83. The number of carbonyl (C=O) groups excluding carboxylic acids is 1. The average molecular weight is 236 g/mol. The van der Waals surface area contributed by atoms with E-state index in [4.69, 9.17) is 9.47 Å². The number of carbonyl (C=O) groups is 1. The van der Waals surface area contributed by atoms with Gasteiger partial charge in [-0.3, -0.25) is 0 Å².